The standard InChI is InChI=1S/C77H116O6/c1-4-7-10-13-16-19-22-25-28-29-30-31-32-33-34-35-36-37-38-39-40-41-42-43-44-45-46-47-50-52-55-58-61-64-67-70-76(79)82-73-74(83-77(80)71-68-65-62-59-56-53-49-27-24-21-18-15-12-9-6-3)72-81-75(78)69-66-63-60-57-54-51-48-26-23-20-17-14-11-8-5-2/h7-12,16-21,25-28,30-31,33-34,36-37,39-40,42-43,48-49,54,56-57,59,65,68,74H,4-6,13-15,22-24,29,32,35,38,41,44-47,50-53,55,58,60-64,66-67,69-73H2,1-3H3/b10-7-,11-8-,12-9-,19-16-,20-17-,21-18-,28-25-,31-30-,34-33-,37-36-,40-39-,43-42-,48-26-,49-27-,57-54-,59-56-,68-65-. The van der Waals surface area contributed by atoms with E-state index in [1.54, 1.807) is 6.08 Å². The molecule has 6 heteroatoms. The largest absolute Gasteiger partial charge is 0.462 e. The van der Waals surface area contributed by atoms with Crippen molar-refractivity contribution in [1.82, 2.24) is 0 Å². The van der Waals surface area contributed by atoms with Gasteiger partial charge in [-0.2, -0.15) is 0 Å². The van der Waals surface area contributed by atoms with E-state index in [1.165, 1.54) is 44.9 Å². The van der Waals surface area contributed by atoms with Crippen LogP contribution in [0.15, 0.2) is 207 Å². The van der Waals surface area contributed by atoms with Crippen LogP contribution in [0.5, 0.6) is 0 Å². The number of hydrogen-bond acceptors (Lipinski definition) is 6. The molecular formula is C77H116O6. The fourth-order valence-electron chi connectivity index (χ4n) is 8.05. The van der Waals surface area contributed by atoms with Crippen molar-refractivity contribution in [2.45, 2.75) is 245 Å². The van der Waals surface area contributed by atoms with Crippen LogP contribution < -0.4 is 0 Å². The number of ether oxygens (including phenoxy) is 3. The van der Waals surface area contributed by atoms with E-state index in [9.17, 15) is 14.4 Å². The molecule has 1 atom stereocenters. The van der Waals surface area contributed by atoms with E-state index in [-0.39, 0.29) is 38.0 Å². The summed E-state index contributed by atoms with van der Waals surface area (Å²) < 4.78 is 16.7. The van der Waals surface area contributed by atoms with Gasteiger partial charge in [-0.25, -0.2) is 0 Å². The van der Waals surface area contributed by atoms with Crippen molar-refractivity contribution in [3.63, 3.8) is 0 Å². The third-order valence-corrected chi connectivity index (χ3v) is 12.8. The van der Waals surface area contributed by atoms with Crippen molar-refractivity contribution >= 4 is 17.9 Å². The predicted octanol–water partition coefficient (Wildman–Crippen LogP) is 22.8. The summed E-state index contributed by atoms with van der Waals surface area (Å²) in [4.78, 5) is 38.2. The van der Waals surface area contributed by atoms with Crippen LogP contribution in [0.3, 0.4) is 0 Å². The molecule has 0 aliphatic carbocycles. The van der Waals surface area contributed by atoms with E-state index >= 15 is 0 Å². The quantitative estimate of drug-likeness (QED) is 0.0261. The van der Waals surface area contributed by atoms with Gasteiger partial charge in [0.2, 0.25) is 0 Å². The smallest absolute Gasteiger partial charge is 0.310 e. The number of unbranched alkanes of at least 4 members (excludes halogenated alkanes) is 12. The van der Waals surface area contributed by atoms with Crippen LogP contribution in [0.1, 0.15) is 239 Å². The van der Waals surface area contributed by atoms with Crippen LogP contribution in [-0.4, -0.2) is 37.2 Å². The summed E-state index contributed by atoms with van der Waals surface area (Å²) in [5.41, 5.74) is 0. The Morgan fingerprint density at radius 2 is 0.470 bits per heavy atom. The first-order valence-electron chi connectivity index (χ1n) is 32.6. The van der Waals surface area contributed by atoms with Gasteiger partial charge in [0.05, 0.1) is 6.42 Å². The highest BCUT2D eigenvalue weighted by Gasteiger charge is 2.19. The van der Waals surface area contributed by atoms with Gasteiger partial charge in [-0.15, -0.1) is 0 Å². The van der Waals surface area contributed by atoms with Crippen molar-refractivity contribution in [2.75, 3.05) is 13.2 Å². The van der Waals surface area contributed by atoms with Crippen LogP contribution in [0.4, 0.5) is 0 Å². The van der Waals surface area contributed by atoms with Crippen LogP contribution in [0, 0.1) is 0 Å². The molecule has 0 rings (SSSR count). The maximum Gasteiger partial charge on any atom is 0.310 e. The first-order valence-corrected chi connectivity index (χ1v) is 32.6. The van der Waals surface area contributed by atoms with Gasteiger partial charge in [0.1, 0.15) is 13.2 Å². The lowest BCUT2D eigenvalue weighted by Crippen LogP contribution is -2.30. The Bertz CT molecular complexity index is 2030. The predicted molar refractivity (Wildman–Crippen MR) is 361 cm³/mol. The fourth-order valence-corrected chi connectivity index (χ4v) is 8.05. The Morgan fingerprint density at radius 1 is 0.253 bits per heavy atom. The van der Waals surface area contributed by atoms with Crippen LogP contribution in [0.25, 0.3) is 0 Å². The Hall–Kier alpha value is -6.01. The first-order chi connectivity index (χ1) is 41.0. The molecule has 0 amide bonds. The molecule has 83 heavy (non-hydrogen) atoms. The summed E-state index contributed by atoms with van der Waals surface area (Å²) in [5, 5.41) is 0. The molecule has 0 radical (unpaired) electrons. The zero-order valence-electron chi connectivity index (χ0n) is 52.6. The molecule has 0 bridgehead atoms. The topological polar surface area (TPSA) is 78.9 Å². The molecule has 0 saturated heterocycles. The average Bonchev–Trinajstić information content (AvgIpc) is 3.49. The maximum absolute atomic E-state index is 12.8. The Balaban J connectivity index is 4.37. The zero-order valence-corrected chi connectivity index (χ0v) is 52.6. The van der Waals surface area contributed by atoms with Crippen molar-refractivity contribution in [2.24, 2.45) is 0 Å². The molecule has 0 aliphatic heterocycles. The minimum Gasteiger partial charge on any atom is -0.462 e. The average molecular weight is 1140 g/mol. The molecule has 0 aromatic rings. The van der Waals surface area contributed by atoms with Crippen LogP contribution in [0.2, 0.25) is 0 Å². The lowest BCUT2D eigenvalue weighted by atomic mass is 10.1. The van der Waals surface area contributed by atoms with Crippen molar-refractivity contribution in [3.05, 3.63) is 207 Å². The van der Waals surface area contributed by atoms with Crippen molar-refractivity contribution in [1.29, 1.82) is 0 Å². The normalized spacial score (nSPS) is 13.5. The SMILES string of the molecule is CC/C=C\C/C=C\C/C=C\C/C=C\C/C=C\C/C=C\C/C=C\C/C=C\CCCCCCCCCCCCC(=O)OCC(COC(=O)CCCC/C=C\C/C=C\C/C=C\C/C=C\CC)OC(=O)C/C=C\C/C=C\C/C=C\C/C=C\C/C=C\CC. The van der Waals surface area contributed by atoms with E-state index in [4.69, 9.17) is 14.2 Å². The van der Waals surface area contributed by atoms with E-state index in [0.29, 0.717) is 19.3 Å². The van der Waals surface area contributed by atoms with E-state index in [1.807, 2.05) is 6.08 Å². The molecule has 460 valence electrons. The minimum atomic E-state index is -0.864. The number of allylic oxidation sites excluding steroid dienone is 33. The first kappa shape index (κ1) is 77.0. The number of rotatable bonds is 56. The Kier molecular flexibility index (Phi) is 63.5. The molecule has 1 unspecified atom stereocenters. The van der Waals surface area contributed by atoms with Crippen LogP contribution in [-0.2, 0) is 28.6 Å². The third-order valence-electron chi connectivity index (χ3n) is 12.8. The molecule has 0 saturated carbocycles. The second-order valence-electron chi connectivity index (χ2n) is 20.5. The number of esters is 3. The summed E-state index contributed by atoms with van der Waals surface area (Å²) >= 11 is 0. The molecule has 6 nitrogen and oxygen atoms in total. The molecule has 0 aromatic carbocycles. The third kappa shape index (κ3) is 66.7. The maximum atomic E-state index is 12.8. The molecule has 0 fully saturated rings. The number of carbonyl (C=O) groups excluding carboxylic acids is 3. The minimum absolute atomic E-state index is 0.0765. The molecular weight excluding hydrogens is 1020 g/mol. The lowest BCUT2D eigenvalue weighted by Gasteiger charge is -2.18. The van der Waals surface area contributed by atoms with Gasteiger partial charge in [-0.3, -0.25) is 14.4 Å². The molecule has 0 spiro atoms. The van der Waals surface area contributed by atoms with E-state index in [0.717, 1.165) is 141 Å². The molecule has 0 heterocycles. The highest BCUT2D eigenvalue weighted by atomic mass is 16.6. The summed E-state index contributed by atoms with van der Waals surface area (Å²) in [5.74, 6) is -1.13. The van der Waals surface area contributed by atoms with Gasteiger partial charge >= 0.3 is 17.9 Å². The molecule has 0 N–H and O–H groups in total. The summed E-state index contributed by atoms with van der Waals surface area (Å²) in [7, 11) is 0. The zero-order chi connectivity index (χ0) is 59.9. The van der Waals surface area contributed by atoms with Gasteiger partial charge in [0.25, 0.3) is 0 Å². The van der Waals surface area contributed by atoms with Gasteiger partial charge in [-0.05, 0) is 148 Å². The monoisotopic (exact) mass is 1140 g/mol. The van der Waals surface area contributed by atoms with Gasteiger partial charge < -0.3 is 14.2 Å². The second-order valence-corrected chi connectivity index (χ2v) is 20.5. The number of carbonyl (C=O) groups is 3. The van der Waals surface area contributed by atoms with Crippen molar-refractivity contribution in [3.8, 4) is 0 Å². The van der Waals surface area contributed by atoms with Crippen molar-refractivity contribution < 1.29 is 28.6 Å². The highest BCUT2D eigenvalue weighted by Crippen LogP contribution is 2.14. The summed E-state index contributed by atoms with van der Waals surface area (Å²) in [6.45, 7) is 6.15. The Labute approximate surface area is 509 Å². The van der Waals surface area contributed by atoms with Gasteiger partial charge in [0.15, 0.2) is 6.10 Å². The van der Waals surface area contributed by atoms with Crippen LogP contribution >= 0.6 is 0 Å². The summed E-state index contributed by atoms with van der Waals surface area (Å²) in [6, 6.07) is 0. The van der Waals surface area contributed by atoms with Gasteiger partial charge in [0, 0.05) is 12.8 Å². The van der Waals surface area contributed by atoms with E-state index in [2.05, 4.69) is 215 Å². The summed E-state index contributed by atoms with van der Waals surface area (Å²) in [6.07, 6.45) is 106. The number of hydrogen-bond donors (Lipinski definition) is 0. The molecule has 0 aliphatic rings. The van der Waals surface area contributed by atoms with E-state index < -0.39 is 12.1 Å². The molecule has 0 aromatic heterocycles. The Morgan fingerprint density at radius 3 is 0.759 bits per heavy atom. The van der Waals surface area contributed by atoms with Gasteiger partial charge in [-0.1, -0.05) is 279 Å². The fraction of sp³-hybridized carbons (Fsp3) is 0.519. The second kappa shape index (κ2) is 68.5. The highest BCUT2D eigenvalue weighted by molar-refractivity contribution is 5.72. The lowest BCUT2D eigenvalue weighted by molar-refractivity contribution is -0.166.